The zero-order valence-electron chi connectivity index (χ0n) is 18.1. The van der Waals surface area contributed by atoms with Gasteiger partial charge in [-0.3, -0.25) is 0 Å². The van der Waals surface area contributed by atoms with Crippen LogP contribution in [0.3, 0.4) is 0 Å². The van der Waals surface area contributed by atoms with Gasteiger partial charge in [0.05, 0.1) is 18.7 Å². The van der Waals surface area contributed by atoms with Crippen molar-refractivity contribution < 1.29 is 9.26 Å². The van der Waals surface area contributed by atoms with E-state index in [2.05, 4.69) is 48.3 Å². The maximum absolute atomic E-state index is 5.77. The first-order chi connectivity index (χ1) is 15.0. The molecule has 0 aliphatic carbocycles. The molecule has 1 aromatic heterocycles. The highest BCUT2D eigenvalue weighted by molar-refractivity contribution is 7.80. The molecular formula is C24H26N4O2S. The topological polar surface area (TPSA) is 63.4 Å². The molecule has 1 aliphatic rings. The Morgan fingerprint density at radius 3 is 2.65 bits per heavy atom. The first-order valence-corrected chi connectivity index (χ1v) is 10.7. The van der Waals surface area contributed by atoms with Crippen LogP contribution in [0.5, 0.6) is 5.75 Å². The van der Waals surface area contributed by atoms with Gasteiger partial charge >= 0.3 is 0 Å². The summed E-state index contributed by atoms with van der Waals surface area (Å²) in [6.07, 6.45) is 0. The third-order valence-electron chi connectivity index (χ3n) is 5.26. The molecule has 1 atom stereocenters. The Balaban J connectivity index is 1.80. The van der Waals surface area contributed by atoms with E-state index >= 15 is 0 Å². The summed E-state index contributed by atoms with van der Waals surface area (Å²) < 4.78 is 11.1. The molecule has 2 aromatic carbocycles. The van der Waals surface area contributed by atoms with Gasteiger partial charge in [-0.1, -0.05) is 61.5 Å². The molecule has 0 saturated carbocycles. The fourth-order valence-electron chi connectivity index (χ4n) is 3.75. The minimum Gasteiger partial charge on any atom is -0.497 e. The second kappa shape index (κ2) is 8.89. The summed E-state index contributed by atoms with van der Waals surface area (Å²) in [5, 5.41) is 8.44. The minimum absolute atomic E-state index is 0.171. The normalized spacial score (nSPS) is 16.6. The quantitative estimate of drug-likeness (QED) is 0.544. The van der Waals surface area contributed by atoms with Crippen LogP contribution in [0.1, 0.15) is 38.3 Å². The van der Waals surface area contributed by atoms with E-state index in [0.717, 1.165) is 34.7 Å². The van der Waals surface area contributed by atoms with Crippen LogP contribution in [0.2, 0.25) is 0 Å². The van der Waals surface area contributed by atoms with Crippen molar-refractivity contribution in [3.8, 4) is 17.1 Å². The maximum atomic E-state index is 5.77. The Kier molecular flexibility index (Phi) is 6.04. The lowest BCUT2D eigenvalue weighted by Gasteiger charge is -2.38. The molecule has 4 rings (SSSR count). The molecule has 160 valence electrons. The van der Waals surface area contributed by atoms with Crippen LogP contribution in [0, 0.1) is 5.92 Å². The summed E-state index contributed by atoms with van der Waals surface area (Å²) in [7, 11) is 1.64. The number of hydrogen-bond acceptors (Lipinski definition) is 5. The van der Waals surface area contributed by atoms with E-state index in [4.69, 9.17) is 26.5 Å². The highest BCUT2D eigenvalue weighted by Crippen LogP contribution is 2.37. The summed E-state index contributed by atoms with van der Waals surface area (Å²) in [5.41, 5.74) is 3.88. The van der Waals surface area contributed by atoms with E-state index in [1.165, 1.54) is 0 Å². The number of allylic oxidation sites excluding steroid dienone is 1. The third-order valence-corrected chi connectivity index (χ3v) is 5.60. The number of aromatic nitrogens is 2. The molecular weight excluding hydrogens is 408 g/mol. The molecule has 2 heterocycles. The molecule has 0 amide bonds. The number of nitrogens with zero attached hydrogens (tertiary/aromatic N) is 3. The number of ether oxygens (including phenoxy) is 1. The van der Waals surface area contributed by atoms with E-state index in [9.17, 15) is 0 Å². The van der Waals surface area contributed by atoms with Crippen molar-refractivity contribution in [2.75, 3.05) is 13.7 Å². The number of methoxy groups -OCH3 is 1. The van der Waals surface area contributed by atoms with E-state index in [-0.39, 0.29) is 6.04 Å². The average Bonchev–Trinajstić information content (AvgIpc) is 3.26. The number of rotatable bonds is 6. The van der Waals surface area contributed by atoms with Gasteiger partial charge in [-0.2, -0.15) is 4.98 Å². The molecule has 0 saturated heterocycles. The van der Waals surface area contributed by atoms with Gasteiger partial charge in [0.1, 0.15) is 5.75 Å². The van der Waals surface area contributed by atoms with Gasteiger partial charge in [-0.15, -0.1) is 0 Å². The van der Waals surface area contributed by atoms with Crippen LogP contribution < -0.4 is 10.1 Å². The predicted octanol–water partition coefficient (Wildman–Crippen LogP) is 5.06. The van der Waals surface area contributed by atoms with Crippen LogP contribution >= 0.6 is 12.2 Å². The van der Waals surface area contributed by atoms with E-state index < -0.39 is 0 Å². The monoisotopic (exact) mass is 434 g/mol. The first kappa shape index (κ1) is 21.1. The van der Waals surface area contributed by atoms with Crippen molar-refractivity contribution in [2.45, 2.75) is 26.8 Å². The molecule has 0 fully saturated rings. The maximum Gasteiger partial charge on any atom is 0.258 e. The first-order valence-electron chi connectivity index (χ1n) is 10.3. The molecule has 0 bridgehead atoms. The molecule has 0 radical (unpaired) electrons. The van der Waals surface area contributed by atoms with Gasteiger partial charge in [-0.25, -0.2) is 0 Å². The highest BCUT2D eigenvalue weighted by Gasteiger charge is 2.34. The molecule has 0 spiro atoms. The van der Waals surface area contributed by atoms with Crippen LogP contribution in [0.4, 0.5) is 0 Å². The second-order valence-corrected chi connectivity index (χ2v) is 8.34. The SMILES string of the molecule is COc1cccc(-c2noc(C3=C(C)N(CC(C)C)C(=S)NC3c3ccccc3)n2)c1. The van der Waals surface area contributed by atoms with Gasteiger partial charge in [0.15, 0.2) is 5.11 Å². The number of thiocarbonyl (C=S) groups is 1. The minimum atomic E-state index is -0.171. The van der Waals surface area contributed by atoms with Crippen molar-refractivity contribution >= 4 is 22.9 Å². The van der Waals surface area contributed by atoms with Gasteiger partial charge in [0.25, 0.3) is 5.89 Å². The number of nitrogens with one attached hydrogen (secondary N) is 1. The van der Waals surface area contributed by atoms with Crippen molar-refractivity contribution in [3.05, 3.63) is 71.7 Å². The van der Waals surface area contributed by atoms with Crippen molar-refractivity contribution in [1.29, 1.82) is 0 Å². The predicted molar refractivity (Wildman–Crippen MR) is 125 cm³/mol. The Labute approximate surface area is 187 Å². The number of benzene rings is 2. The fraction of sp³-hybridized carbons (Fsp3) is 0.292. The lowest BCUT2D eigenvalue weighted by atomic mass is 9.94. The number of hydrogen-bond donors (Lipinski definition) is 1. The molecule has 6 nitrogen and oxygen atoms in total. The average molecular weight is 435 g/mol. The molecule has 1 aliphatic heterocycles. The van der Waals surface area contributed by atoms with Gasteiger partial charge in [0, 0.05) is 17.8 Å². The molecule has 31 heavy (non-hydrogen) atoms. The Morgan fingerprint density at radius 2 is 1.94 bits per heavy atom. The zero-order chi connectivity index (χ0) is 22.0. The van der Waals surface area contributed by atoms with Crippen LogP contribution in [0.25, 0.3) is 17.0 Å². The van der Waals surface area contributed by atoms with E-state index in [1.54, 1.807) is 7.11 Å². The molecule has 1 N–H and O–H groups in total. The molecule has 1 unspecified atom stereocenters. The molecule has 7 heteroatoms. The fourth-order valence-corrected chi connectivity index (χ4v) is 4.08. The summed E-state index contributed by atoms with van der Waals surface area (Å²) in [5.74, 6) is 2.19. The highest BCUT2D eigenvalue weighted by atomic mass is 32.1. The van der Waals surface area contributed by atoms with Gasteiger partial charge < -0.3 is 19.5 Å². The van der Waals surface area contributed by atoms with Crippen LogP contribution in [-0.2, 0) is 0 Å². The van der Waals surface area contributed by atoms with Crippen molar-refractivity contribution in [3.63, 3.8) is 0 Å². The summed E-state index contributed by atoms with van der Waals surface area (Å²) in [6.45, 7) is 7.22. The van der Waals surface area contributed by atoms with E-state index in [1.807, 2.05) is 42.5 Å². The summed E-state index contributed by atoms with van der Waals surface area (Å²) in [4.78, 5) is 6.86. The van der Waals surface area contributed by atoms with Gasteiger partial charge in [0.2, 0.25) is 5.82 Å². The standard InChI is InChI=1S/C24H26N4O2S/c1-15(2)14-28-16(3)20(21(25-24(28)31)17-9-6-5-7-10-17)23-26-22(27-30-23)18-11-8-12-19(13-18)29-4/h5-13,15,21H,14H2,1-4H3,(H,25,31). The lowest BCUT2D eigenvalue weighted by Crippen LogP contribution is -2.47. The van der Waals surface area contributed by atoms with Crippen molar-refractivity contribution in [2.24, 2.45) is 5.92 Å². The molecule has 3 aromatic rings. The lowest BCUT2D eigenvalue weighted by molar-refractivity contribution is 0.386. The third kappa shape index (κ3) is 4.32. The van der Waals surface area contributed by atoms with Crippen LogP contribution in [-0.4, -0.2) is 33.8 Å². The Morgan fingerprint density at radius 1 is 1.16 bits per heavy atom. The van der Waals surface area contributed by atoms with Crippen LogP contribution in [0.15, 0.2) is 64.8 Å². The second-order valence-electron chi connectivity index (χ2n) is 7.95. The zero-order valence-corrected chi connectivity index (χ0v) is 18.9. The van der Waals surface area contributed by atoms with Crippen molar-refractivity contribution in [1.82, 2.24) is 20.4 Å². The summed E-state index contributed by atoms with van der Waals surface area (Å²) in [6, 6.07) is 17.6. The van der Waals surface area contributed by atoms with E-state index in [0.29, 0.717) is 22.7 Å². The largest absolute Gasteiger partial charge is 0.497 e. The van der Waals surface area contributed by atoms with Gasteiger partial charge in [-0.05, 0) is 42.8 Å². The Hall–Kier alpha value is -3.19. The Bertz CT molecular complexity index is 1110. The summed E-state index contributed by atoms with van der Waals surface area (Å²) >= 11 is 5.71. The smallest absolute Gasteiger partial charge is 0.258 e.